The number of nitrogens with zero attached hydrogens (tertiary/aromatic N) is 1. The maximum Gasteiger partial charge on any atom is 0.142 e. The maximum atomic E-state index is 5.60. The second-order valence-corrected chi connectivity index (χ2v) is 6.24. The average molecular weight is 274 g/mol. The number of benzene rings is 1. The zero-order valence-corrected chi connectivity index (χ0v) is 12.9. The van der Waals surface area contributed by atoms with Crippen LogP contribution in [0.4, 0.5) is 5.69 Å². The predicted octanol–water partition coefficient (Wildman–Crippen LogP) is 2.97. The number of ether oxygens (including phenoxy) is 1. The number of rotatable bonds is 4. The van der Waals surface area contributed by atoms with Gasteiger partial charge in [-0.2, -0.15) is 0 Å². The Morgan fingerprint density at radius 2 is 2.15 bits per heavy atom. The van der Waals surface area contributed by atoms with Crippen LogP contribution >= 0.6 is 0 Å². The molecule has 110 valence electrons. The van der Waals surface area contributed by atoms with Crippen LogP contribution in [0.5, 0.6) is 5.75 Å². The molecule has 0 bridgehead atoms. The molecule has 1 aliphatic carbocycles. The SMILES string of the molecule is CCC1CNC(C2CC2)CN1c1cc(C)ccc1OC. The third kappa shape index (κ3) is 2.64. The maximum absolute atomic E-state index is 5.60. The van der Waals surface area contributed by atoms with Crippen molar-refractivity contribution in [3.05, 3.63) is 23.8 Å². The van der Waals surface area contributed by atoms with Crippen LogP contribution in [0.25, 0.3) is 0 Å². The highest BCUT2D eigenvalue weighted by molar-refractivity contribution is 5.61. The Morgan fingerprint density at radius 1 is 1.35 bits per heavy atom. The van der Waals surface area contributed by atoms with E-state index in [-0.39, 0.29) is 0 Å². The van der Waals surface area contributed by atoms with Crippen molar-refractivity contribution in [3.63, 3.8) is 0 Å². The second-order valence-electron chi connectivity index (χ2n) is 6.24. The zero-order valence-electron chi connectivity index (χ0n) is 12.9. The quantitative estimate of drug-likeness (QED) is 0.913. The highest BCUT2D eigenvalue weighted by Gasteiger charge is 2.37. The summed E-state index contributed by atoms with van der Waals surface area (Å²) in [6, 6.07) is 7.73. The molecule has 1 saturated carbocycles. The smallest absolute Gasteiger partial charge is 0.142 e. The third-order valence-corrected chi connectivity index (χ3v) is 4.76. The topological polar surface area (TPSA) is 24.5 Å². The molecule has 0 radical (unpaired) electrons. The zero-order chi connectivity index (χ0) is 14.1. The van der Waals surface area contributed by atoms with Crippen molar-refractivity contribution in [2.24, 2.45) is 5.92 Å². The van der Waals surface area contributed by atoms with E-state index < -0.39 is 0 Å². The standard InChI is InChI=1S/C17H26N2O/c1-4-14-10-18-15(13-6-7-13)11-19(14)16-9-12(2)5-8-17(16)20-3/h5,8-9,13-15,18H,4,6-7,10-11H2,1-3H3. The van der Waals surface area contributed by atoms with Gasteiger partial charge in [0, 0.05) is 25.2 Å². The predicted molar refractivity (Wildman–Crippen MR) is 83.7 cm³/mol. The Labute approximate surface area is 122 Å². The summed E-state index contributed by atoms with van der Waals surface area (Å²) in [6.45, 7) is 6.64. The first-order valence-electron chi connectivity index (χ1n) is 7.87. The molecule has 0 spiro atoms. The van der Waals surface area contributed by atoms with E-state index in [1.807, 2.05) is 0 Å². The van der Waals surface area contributed by atoms with E-state index in [4.69, 9.17) is 4.74 Å². The minimum atomic E-state index is 0.570. The molecule has 2 atom stereocenters. The second kappa shape index (κ2) is 5.65. The number of piperazine rings is 1. The molecule has 0 amide bonds. The highest BCUT2D eigenvalue weighted by Crippen LogP contribution is 2.38. The minimum Gasteiger partial charge on any atom is -0.495 e. The lowest BCUT2D eigenvalue weighted by atomic mass is 10.0. The Bertz CT molecular complexity index is 470. The van der Waals surface area contributed by atoms with Gasteiger partial charge in [-0.1, -0.05) is 13.0 Å². The fraction of sp³-hybridized carbons (Fsp3) is 0.647. The van der Waals surface area contributed by atoms with Gasteiger partial charge in [0.2, 0.25) is 0 Å². The Kier molecular flexibility index (Phi) is 3.88. The fourth-order valence-corrected chi connectivity index (χ4v) is 3.32. The molecular weight excluding hydrogens is 248 g/mol. The lowest BCUT2D eigenvalue weighted by molar-refractivity contribution is 0.353. The van der Waals surface area contributed by atoms with E-state index in [0.717, 1.165) is 24.8 Å². The van der Waals surface area contributed by atoms with Crippen LogP contribution in [0.1, 0.15) is 31.7 Å². The summed E-state index contributed by atoms with van der Waals surface area (Å²) in [5, 5.41) is 3.75. The van der Waals surface area contributed by atoms with Crippen LogP contribution in [0.15, 0.2) is 18.2 Å². The molecule has 2 aliphatic rings. The normalized spacial score (nSPS) is 26.6. The molecule has 20 heavy (non-hydrogen) atoms. The largest absolute Gasteiger partial charge is 0.495 e. The molecule has 1 aliphatic heterocycles. The van der Waals surface area contributed by atoms with E-state index >= 15 is 0 Å². The van der Waals surface area contributed by atoms with Crippen LogP contribution in [0, 0.1) is 12.8 Å². The van der Waals surface area contributed by atoms with Crippen molar-refractivity contribution in [2.45, 2.75) is 45.2 Å². The summed E-state index contributed by atoms with van der Waals surface area (Å²) in [7, 11) is 1.77. The molecule has 1 heterocycles. The summed E-state index contributed by atoms with van der Waals surface area (Å²) < 4.78 is 5.60. The first-order chi connectivity index (χ1) is 9.72. The fourth-order valence-electron chi connectivity index (χ4n) is 3.32. The van der Waals surface area contributed by atoms with Gasteiger partial charge in [0.1, 0.15) is 5.75 Å². The number of methoxy groups -OCH3 is 1. The number of hydrogen-bond acceptors (Lipinski definition) is 3. The Balaban J connectivity index is 1.89. The summed E-state index contributed by atoms with van der Waals surface area (Å²) in [5.74, 6) is 1.90. The Morgan fingerprint density at radius 3 is 2.80 bits per heavy atom. The number of nitrogens with one attached hydrogen (secondary N) is 1. The summed E-state index contributed by atoms with van der Waals surface area (Å²) in [6.07, 6.45) is 3.96. The summed E-state index contributed by atoms with van der Waals surface area (Å²) in [4.78, 5) is 2.57. The van der Waals surface area contributed by atoms with E-state index in [1.54, 1.807) is 7.11 Å². The van der Waals surface area contributed by atoms with E-state index in [9.17, 15) is 0 Å². The first kappa shape index (κ1) is 13.7. The van der Waals surface area contributed by atoms with Gasteiger partial charge in [-0.05, 0) is 49.8 Å². The summed E-state index contributed by atoms with van der Waals surface area (Å²) >= 11 is 0. The minimum absolute atomic E-state index is 0.570. The third-order valence-electron chi connectivity index (χ3n) is 4.76. The van der Waals surface area contributed by atoms with Crippen LogP contribution in [-0.2, 0) is 0 Å². The lowest BCUT2D eigenvalue weighted by Gasteiger charge is -2.42. The van der Waals surface area contributed by atoms with Crippen molar-refractivity contribution >= 4 is 5.69 Å². The van der Waals surface area contributed by atoms with Gasteiger partial charge in [0.15, 0.2) is 0 Å². The van der Waals surface area contributed by atoms with E-state index in [1.165, 1.54) is 30.5 Å². The van der Waals surface area contributed by atoms with Gasteiger partial charge in [-0.15, -0.1) is 0 Å². The van der Waals surface area contributed by atoms with E-state index in [0.29, 0.717) is 12.1 Å². The van der Waals surface area contributed by atoms with Crippen molar-refractivity contribution in [1.82, 2.24) is 5.32 Å². The number of hydrogen-bond donors (Lipinski definition) is 1. The van der Waals surface area contributed by atoms with Gasteiger partial charge >= 0.3 is 0 Å². The van der Waals surface area contributed by atoms with Crippen LogP contribution in [0.2, 0.25) is 0 Å². The molecule has 1 saturated heterocycles. The van der Waals surface area contributed by atoms with Crippen molar-refractivity contribution in [2.75, 3.05) is 25.1 Å². The van der Waals surface area contributed by atoms with Gasteiger partial charge in [-0.25, -0.2) is 0 Å². The average Bonchev–Trinajstić information content (AvgIpc) is 3.31. The lowest BCUT2D eigenvalue weighted by Crippen LogP contribution is -2.57. The molecule has 1 aromatic carbocycles. The monoisotopic (exact) mass is 274 g/mol. The summed E-state index contributed by atoms with van der Waals surface area (Å²) in [5.41, 5.74) is 2.57. The molecule has 3 rings (SSSR count). The number of aryl methyl sites for hydroxylation is 1. The Hall–Kier alpha value is -1.22. The van der Waals surface area contributed by atoms with Crippen molar-refractivity contribution in [1.29, 1.82) is 0 Å². The van der Waals surface area contributed by atoms with E-state index in [2.05, 4.69) is 42.3 Å². The van der Waals surface area contributed by atoms with Gasteiger partial charge in [-0.3, -0.25) is 0 Å². The number of anilines is 1. The molecule has 3 nitrogen and oxygen atoms in total. The van der Waals surface area contributed by atoms with Crippen LogP contribution in [-0.4, -0.2) is 32.3 Å². The molecule has 1 aromatic rings. The first-order valence-corrected chi connectivity index (χ1v) is 7.87. The molecule has 0 aromatic heterocycles. The van der Waals surface area contributed by atoms with Crippen molar-refractivity contribution < 1.29 is 4.74 Å². The molecule has 1 N–H and O–H groups in total. The van der Waals surface area contributed by atoms with Crippen molar-refractivity contribution in [3.8, 4) is 5.75 Å². The van der Waals surface area contributed by atoms with Gasteiger partial charge in [0.05, 0.1) is 12.8 Å². The molecular formula is C17H26N2O. The molecule has 2 unspecified atom stereocenters. The van der Waals surface area contributed by atoms with Crippen LogP contribution in [0.3, 0.4) is 0 Å². The van der Waals surface area contributed by atoms with Crippen LogP contribution < -0.4 is 15.0 Å². The van der Waals surface area contributed by atoms with Gasteiger partial charge in [0.25, 0.3) is 0 Å². The molecule has 2 fully saturated rings. The van der Waals surface area contributed by atoms with Gasteiger partial charge < -0.3 is 15.0 Å². The molecule has 3 heteroatoms. The highest BCUT2D eigenvalue weighted by atomic mass is 16.5.